The molecule has 1 aliphatic heterocycles. The third-order valence-electron chi connectivity index (χ3n) is 4.79. The third-order valence-corrected chi connectivity index (χ3v) is 4.79. The Hall–Kier alpha value is -3.55. The quantitative estimate of drug-likeness (QED) is 0.717. The minimum atomic E-state index is -1.38. The van der Waals surface area contributed by atoms with Gasteiger partial charge in [0, 0.05) is 31.1 Å². The van der Waals surface area contributed by atoms with E-state index in [-0.39, 0.29) is 12.2 Å². The number of rotatable bonds is 6. The number of amides is 2. The van der Waals surface area contributed by atoms with Crippen LogP contribution in [0.5, 0.6) is 0 Å². The number of likely N-dealkylation sites (N-methyl/N-ethyl adjacent to an activating group) is 1. The zero-order valence-corrected chi connectivity index (χ0v) is 16.9. The van der Waals surface area contributed by atoms with E-state index in [2.05, 4.69) is 27.1 Å². The number of aromatic amines is 1. The van der Waals surface area contributed by atoms with Crippen molar-refractivity contribution < 1.29 is 14.0 Å². The summed E-state index contributed by atoms with van der Waals surface area (Å²) in [5, 5.41) is 10.4. The maximum Gasteiger partial charge on any atom is 0.289 e. The normalized spacial score (nSPS) is 19.2. The number of anilines is 1. The molecule has 0 aliphatic carbocycles. The Morgan fingerprint density at radius 3 is 2.90 bits per heavy atom. The molecule has 2 amide bonds. The Labute approximate surface area is 174 Å². The van der Waals surface area contributed by atoms with Crippen molar-refractivity contribution in [3.63, 3.8) is 0 Å². The molecule has 156 valence electrons. The van der Waals surface area contributed by atoms with E-state index in [9.17, 15) is 14.0 Å². The molecule has 0 fully saturated rings. The van der Waals surface area contributed by atoms with Crippen LogP contribution in [-0.4, -0.2) is 40.1 Å². The van der Waals surface area contributed by atoms with Crippen LogP contribution in [0.3, 0.4) is 0 Å². The minimum absolute atomic E-state index is 0.0390. The van der Waals surface area contributed by atoms with Crippen LogP contribution in [0.2, 0.25) is 0 Å². The first-order valence-corrected chi connectivity index (χ1v) is 9.60. The number of nitrogens with one attached hydrogen (secondary N) is 2. The lowest BCUT2D eigenvalue weighted by Crippen LogP contribution is -2.47. The molecule has 8 heteroatoms. The van der Waals surface area contributed by atoms with Crippen LogP contribution in [0.15, 0.2) is 60.7 Å². The summed E-state index contributed by atoms with van der Waals surface area (Å²) in [5.41, 5.74) is 1.71. The number of fused-ring (bicyclic) bond motifs is 1. The fourth-order valence-electron chi connectivity index (χ4n) is 3.25. The predicted molar refractivity (Wildman–Crippen MR) is 113 cm³/mol. The van der Waals surface area contributed by atoms with Gasteiger partial charge < -0.3 is 15.2 Å². The van der Waals surface area contributed by atoms with Crippen LogP contribution in [0.4, 0.5) is 10.1 Å². The molecule has 0 saturated heterocycles. The van der Waals surface area contributed by atoms with Gasteiger partial charge in [0.15, 0.2) is 0 Å². The number of hydrogen-bond donors (Lipinski definition) is 2. The molecule has 0 bridgehead atoms. The fourth-order valence-corrected chi connectivity index (χ4v) is 3.25. The van der Waals surface area contributed by atoms with Gasteiger partial charge in [-0.25, -0.2) is 4.39 Å². The highest BCUT2D eigenvalue weighted by Gasteiger charge is 2.34. The van der Waals surface area contributed by atoms with Crippen LogP contribution in [0, 0.1) is 0 Å². The topological polar surface area (TPSA) is 91.0 Å². The molecule has 0 saturated carbocycles. The van der Waals surface area contributed by atoms with Gasteiger partial charge in [-0.1, -0.05) is 49.1 Å². The summed E-state index contributed by atoms with van der Waals surface area (Å²) in [4.78, 5) is 29.5. The lowest BCUT2D eigenvalue weighted by Gasteiger charge is -2.21. The maximum atomic E-state index is 14.8. The van der Waals surface area contributed by atoms with E-state index in [1.54, 1.807) is 31.3 Å². The minimum Gasteiger partial charge on any atom is -0.337 e. The van der Waals surface area contributed by atoms with Crippen LogP contribution >= 0.6 is 0 Å². The number of halogens is 1. The van der Waals surface area contributed by atoms with Crippen molar-refractivity contribution >= 4 is 17.5 Å². The van der Waals surface area contributed by atoms with E-state index in [0.29, 0.717) is 23.5 Å². The lowest BCUT2D eigenvalue weighted by atomic mass is 10.0. The molecule has 1 aromatic carbocycles. The summed E-state index contributed by atoms with van der Waals surface area (Å²) < 4.78 is 14.8. The van der Waals surface area contributed by atoms with Gasteiger partial charge in [-0.15, -0.1) is 10.2 Å². The van der Waals surface area contributed by atoms with E-state index in [0.717, 1.165) is 5.57 Å². The average molecular weight is 409 g/mol. The molecule has 30 heavy (non-hydrogen) atoms. The Bertz CT molecular complexity index is 1010. The Kier molecular flexibility index (Phi) is 6.56. The summed E-state index contributed by atoms with van der Waals surface area (Å²) in [7, 11) is 1.57. The largest absolute Gasteiger partial charge is 0.337 e. The van der Waals surface area contributed by atoms with Gasteiger partial charge in [-0.3, -0.25) is 9.59 Å². The van der Waals surface area contributed by atoms with Crippen molar-refractivity contribution in [3.05, 3.63) is 77.9 Å². The lowest BCUT2D eigenvalue weighted by molar-refractivity contribution is -0.120. The number of nitrogens with zero attached hydrogens (tertiary/aromatic N) is 3. The molecule has 2 aromatic rings. The first kappa shape index (κ1) is 21.2. The van der Waals surface area contributed by atoms with Crippen LogP contribution in [0.25, 0.3) is 0 Å². The molecule has 3 rings (SSSR count). The number of H-pyrrole nitrogens is 1. The van der Waals surface area contributed by atoms with Gasteiger partial charge in [-0.2, -0.15) is 0 Å². The molecule has 0 radical (unpaired) electrons. The second-order valence-electron chi connectivity index (χ2n) is 7.03. The van der Waals surface area contributed by atoms with Gasteiger partial charge in [0.05, 0.1) is 0 Å². The molecule has 2 heterocycles. The molecular formula is C22H24FN5O2. The molecule has 2 N–H and O–H groups in total. The molecule has 1 aromatic heterocycles. The number of carbonyl (C=O) groups excluding carboxylic acids is 2. The van der Waals surface area contributed by atoms with Crippen molar-refractivity contribution in [1.29, 1.82) is 0 Å². The third kappa shape index (κ3) is 4.71. The van der Waals surface area contributed by atoms with Gasteiger partial charge in [0.2, 0.25) is 11.7 Å². The molecular weight excluding hydrogens is 385 g/mol. The highest BCUT2D eigenvalue weighted by atomic mass is 19.1. The van der Waals surface area contributed by atoms with E-state index in [4.69, 9.17) is 0 Å². The zero-order chi connectivity index (χ0) is 21.7. The van der Waals surface area contributed by atoms with E-state index in [1.165, 1.54) is 4.90 Å². The summed E-state index contributed by atoms with van der Waals surface area (Å²) in [6, 6.07) is 5.78. The molecule has 2 atom stereocenters. The van der Waals surface area contributed by atoms with Crippen LogP contribution < -0.4 is 10.2 Å². The van der Waals surface area contributed by atoms with Crippen LogP contribution in [0.1, 0.15) is 41.5 Å². The number of alkyl halides is 1. The summed E-state index contributed by atoms with van der Waals surface area (Å²) >= 11 is 0. The molecule has 7 nitrogen and oxygen atoms in total. The predicted octanol–water partition coefficient (Wildman–Crippen LogP) is 3.21. The average Bonchev–Trinajstić information content (AvgIpc) is 3.17. The SMILES string of the molecule is C=C(/C=C\C=C/C)Cc1nnc(C(=O)NC2C[C@H](F)c3ccccc3N(C)C2=O)[nH]1. The number of para-hydroxylation sites is 1. The first-order valence-electron chi connectivity index (χ1n) is 9.60. The zero-order valence-electron chi connectivity index (χ0n) is 16.9. The Morgan fingerprint density at radius 1 is 1.37 bits per heavy atom. The Morgan fingerprint density at radius 2 is 2.13 bits per heavy atom. The summed E-state index contributed by atoms with van der Waals surface area (Å²) in [6.07, 6.45) is 6.32. The molecule has 1 unspecified atom stereocenters. The van der Waals surface area contributed by atoms with E-state index >= 15 is 0 Å². The van der Waals surface area contributed by atoms with Gasteiger partial charge in [0.1, 0.15) is 18.0 Å². The summed E-state index contributed by atoms with van der Waals surface area (Å²) in [6.45, 7) is 5.84. The van der Waals surface area contributed by atoms with Gasteiger partial charge in [0.25, 0.3) is 5.91 Å². The van der Waals surface area contributed by atoms with Crippen molar-refractivity contribution in [2.45, 2.75) is 32.0 Å². The molecule has 1 aliphatic rings. The number of hydrogen-bond acceptors (Lipinski definition) is 4. The molecule has 0 spiro atoms. The summed E-state index contributed by atoms with van der Waals surface area (Å²) in [5.74, 6) is -0.579. The van der Waals surface area contributed by atoms with E-state index in [1.807, 2.05) is 31.2 Å². The smallest absolute Gasteiger partial charge is 0.289 e. The van der Waals surface area contributed by atoms with E-state index < -0.39 is 24.0 Å². The highest BCUT2D eigenvalue weighted by molar-refractivity contribution is 6.02. The van der Waals surface area contributed by atoms with Crippen molar-refractivity contribution in [3.8, 4) is 0 Å². The second-order valence-corrected chi connectivity index (χ2v) is 7.03. The Balaban J connectivity index is 1.68. The first-order chi connectivity index (χ1) is 14.4. The number of benzene rings is 1. The van der Waals surface area contributed by atoms with Crippen molar-refractivity contribution in [2.75, 3.05) is 11.9 Å². The van der Waals surface area contributed by atoms with Crippen molar-refractivity contribution in [2.24, 2.45) is 0 Å². The maximum absolute atomic E-state index is 14.8. The second kappa shape index (κ2) is 9.30. The monoisotopic (exact) mass is 409 g/mol. The van der Waals surface area contributed by atoms with Gasteiger partial charge in [-0.05, 0) is 18.6 Å². The number of aromatic nitrogens is 3. The number of carbonyl (C=O) groups is 2. The van der Waals surface area contributed by atoms with Crippen LogP contribution in [-0.2, 0) is 11.2 Å². The fraction of sp³-hybridized carbons (Fsp3) is 0.273. The standard InChI is InChI=1S/C22H24FN5O2/c1-4-5-6-9-14(2)12-19-25-20(27-26-19)21(29)24-17-13-16(23)15-10-7-8-11-18(15)28(3)22(17)30/h4-11,16-17H,2,12-13H2,1,3H3,(H,24,29)(H,25,26,27)/b5-4-,9-6-/t16-,17?/m0/s1. The van der Waals surface area contributed by atoms with Gasteiger partial charge >= 0.3 is 0 Å². The highest BCUT2D eigenvalue weighted by Crippen LogP contribution is 2.35. The number of allylic oxidation sites excluding steroid dienone is 5. The van der Waals surface area contributed by atoms with Crippen molar-refractivity contribution in [1.82, 2.24) is 20.5 Å².